The van der Waals surface area contributed by atoms with Crippen molar-refractivity contribution >= 4 is 22.6 Å². The lowest BCUT2D eigenvalue weighted by Gasteiger charge is -2.07. The highest BCUT2D eigenvalue weighted by atomic mass is 35.5. The van der Waals surface area contributed by atoms with E-state index in [2.05, 4.69) is 35.4 Å². The maximum absolute atomic E-state index is 5.80. The lowest BCUT2D eigenvalue weighted by molar-refractivity contribution is 0.714. The molecule has 1 N–H and O–H groups in total. The van der Waals surface area contributed by atoms with Gasteiger partial charge in [0.2, 0.25) is 0 Å². The van der Waals surface area contributed by atoms with E-state index < -0.39 is 0 Å². The van der Waals surface area contributed by atoms with E-state index in [1.165, 1.54) is 0 Å². The highest BCUT2D eigenvalue weighted by Crippen LogP contribution is 2.24. The lowest BCUT2D eigenvalue weighted by Crippen LogP contribution is -1.96. The molecule has 0 bridgehead atoms. The van der Waals surface area contributed by atoms with Gasteiger partial charge < -0.3 is 4.98 Å². The van der Waals surface area contributed by atoms with Crippen molar-refractivity contribution in [3.05, 3.63) is 35.4 Å². The summed E-state index contributed by atoms with van der Waals surface area (Å²) < 4.78 is 0. The van der Waals surface area contributed by atoms with Gasteiger partial charge in [-0.1, -0.05) is 32.0 Å². The summed E-state index contributed by atoms with van der Waals surface area (Å²) in [7, 11) is 0. The fraction of sp³-hybridized carbons (Fsp3) is 0.385. The minimum atomic E-state index is 0.411. The van der Waals surface area contributed by atoms with E-state index in [-0.39, 0.29) is 0 Å². The van der Waals surface area contributed by atoms with Crippen LogP contribution in [0.1, 0.15) is 37.7 Å². The van der Waals surface area contributed by atoms with E-state index in [0.717, 1.165) is 29.0 Å². The summed E-state index contributed by atoms with van der Waals surface area (Å²) in [4.78, 5) is 12.2. The Balaban J connectivity index is 2.48. The Kier molecular flexibility index (Phi) is 3.48. The number of aromatic amines is 1. The summed E-state index contributed by atoms with van der Waals surface area (Å²) in [6.45, 7) is 8.00. The first-order valence-corrected chi connectivity index (χ1v) is 6.16. The number of rotatable bonds is 4. The van der Waals surface area contributed by atoms with Gasteiger partial charge in [0.05, 0.1) is 11.2 Å². The van der Waals surface area contributed by atoms with Crippen molar-refractivity contribution in [1.29, 1.82) is 0 Å². The van der Waals surface area contributed by atoms with Gasteiger partial charge in [-0.25, -0.2) is 4.98 Å². The fourth-order valence-corrected chi connectivity index (χ4v) is 1.95. The molecule has 3 nitrogen and oxygen atoms in total. The van der Waals surface area contributed by atoms with Crippen molar-refractivity contribution in [3.63, 3.8) is 0 Å². The van der Waals surface area contributed by atoms with Gasteiger partial charge in [0.25, 0.3) is 0 Å². The Morgan fingerprint density at radius 3 is 3.00 bits per heavy atom. The molecule has 0 radical (unpaired) electrons. The number of H-pyrrole nitrogens is 1. The predicted molar refractivity (Wildman–Crippen MR) is 71.3 cm³/mol. The quantitative estimate of drug-likeness (QED) is 0.896. The Morgan fingerprint density at radius 2 is 2.35 bits per heavy atom. The van der Waals surface area contributed by atoms with Crippen molar-refractivity contribution in [3.8, 4) is 0 Å². The molecule has 0 aliphatic heterocycles. The summed E-state index contributed by atoms with van der Waals surface area (Å²) in [5, 5.41) is 0.585. The molecule has 90 valence electrons. The summed E-state index contributed by atoms with van der Waals surface area (Å²) >= 11 is 5.80. The second kappa shape index (κ2) is 4.88. The van der Waals surface area contributed by atoms with Gasteiger partial charge in [-0.05, 0) is 12.5 Å². The molecule has 2 rings (SSSR count). The molecule has 0 amide bonds. The Labute approximate surface area is 106 Å². The molecule has 17 heavy (non-hydrogen) atoms. The first-order valence-electron chi connectivity index (χ1n) is 5.78. The Hall–Kier alpha value is -1.35. The Bertz CT molecular complexity index is 545. The largest absolute Gasteiger partial charge is 0.342 e. The molecular weight excluding hydrogens is 234 g/mol. The molecule has 0 aliphatic carbocycles. The van der Waals surface area contributed by atoms with Crippen molar-refractivity contribution in [2.24, 2.45) is 0 Å². The number of fused-ring (bicyclic) bond motifs is 1. The van der Waals surface area contributed by atoms with Crippen LogP contribution in [0.5, 0.6) is 0 Å². The summed E-state index contributed by atoms with van der Waals surface area (Å²) in [6.07, 6.45) is 3.44. The van der Waals surface area contributed by atoms with E-state index in [1.807, 2.05) is 12.3 Å². The van der Waals surface area contributed by atoms with Gasteiger partial charge in [0.15, 0.2) is 0 Å². The second-order valence-electron chi connectivity index (χ2n) is 4.28. The van der Waals surface area contributed by atoms with Crippen LogP contribution >= 0.6 is 11.6 Å². The zero-order valence-electron chi connectivity index (χ0n) is 10.1. The van der Waals surface area contributed by atoms with Gasteiger partial charge in [0.1, 0.15) is 11.3 Å². The lowest BCUT2D eigenvalue weighted by atomic mass is 10.0. The average Bonchev–Trinajstić information content (AvgIpc) is 2.68. The van der Waals surface area contributed by atoms with Gasteiger partial charge >= 0.3 is 0 Å². The van der Waals surface area contributed by atoms with Crippen LogP contribution in [0.4, 0.5) is 0 Å². The first-order chi connectivity index (χ1) is 8.11. The third kappa shape index (κ3) is 2.50. The topological polar surface area (TPSA) is 41.6 Å². The zero-order valence-corrected chi connectivity index (χ0v) is 10.9. The molecule has 2 aromatic heterocycles. The maximum Gasteiger partial charge on any atom is 0.112 e. The standard InChI is InChI=1S/C13H16ClN3/c1-4-8(2)12-13-10(5-6-15-12)16-11(17-13)7-9(3)14/h5-6,8H,3-4,7H2,1-2H3,(H,16,17). The second-order valence-corrected chi connectivity index (χ2v) is 4.81. The van der Waals surface area contributed by atoms with Gasteiger partial charge in [-0.15, -0.1) is 0 Å². The smallest absolute Gasteiger partial charge is 0.112 e. The SMILES string of the molecule is C=C(Cl)Cc1nc2c(C(C)CC)nccc2[nH]1. The number of nitrogens with one attached hydrogen (secondary N) is 1. The van der Waals surface area contributed by atoms with Crippen LogP contribution in [-0.4, -0.2) is 15.0 Å². The highest BCUT2D eigenvalue weighted by Gasteiger charge is 2.13. The number of aromatic nitrogens is 3. The van der Waals surface area contributed by atoms with E-state index in [1.54, 1.807) is 0 Å². The number of hydrogen-bond acceptors (Lipinski definition) is 2. The van der Waals surface area contributed by atoms with Gasteiger partial charge in [-0.2, -0.15) is 0 Å². The highest BCUT2D eigenvalue weighted by molar-refractivity contribution is 6.29. The van der Waals surface area contributed by atoms with Crippen molar-refractivity contribution in [2.45, 2.75) is 32.6 Å². The van der Waals surface area contributed by atoms with Crippen LogP contribution in [0.25, 0.3) is 11.0 Å². The Morgan fingerprint density at radius 1 is 1.59 bits per heavy atom. The summed E-state index contributed by atoms with van der Waals surface area (Å²) in [5.41, 5.74) is 3.02. The number of halogens is 1. The zero-order chi connectivity index (χ0) is 12.4. The third-order valence-corrected chi connectivity index (χ3v) is 3.05. The monoisotopic (exact) mass is 249 g/mol. The number of hydrogen-bond donors (Lipinski definition) is 1. The summed E-state index contributed by atoms with van der Waals surface area (Å²) in [6, 6.07) is 1.94. The number of pyridine rings is 1. The normalized spacial score (nSPS) is 12.9. The van der Waals surface area contributed by atoms with Crippen LogP contribution in [0.15, 0.2) is 23.9 Å². The maximum atomic E-state index is 5.80. The fourth-order valence-electron chi connectivity index (χ4n) is 1.83. The minimum Gasteiger partial charge on any atom is -0.342 e. The molecule has 4 heteroatoms. The minimum absolute atomic E-state index is 0.411. The van der Waals surface area contributed by atoms with Gasteiger partial charge in [-0.3, -0.25) is 4.98 Å². The number of nitrogens with zero attached hydrogens (tertiary/aromatic N) is 2. The van der Waals surface area contributed by atoms with Gasteiger partial charge in [0, 0.05) is 23.6 Å². The molecule has 0 aliphatic rings. The number of allylic oxidation sites excluding steroid dienone is 1. The van der Waals surface area contributed by atoms with Crippen LogP contribution in [0.2, 0.25) is 0 Å². The average molecular weight is 250 g/mol. The molecule has 0 aromatic carbocycles. The van der Waals surface area contributed by atoms with Crippen molar-refractivity contribution in [1.82, 2.24) is 15.0 Å². The van der Waals surface area contributed by atoms with Crippen LogP contribution in [-0.2, 0) is 6.42 Å². The molecule has 0 fully saturated rings. The number of imidazole rings is 1. The van der Waals surface area contributed by atoms with E-state index in [0.29, 0.717) is 17.4 Å². The predicted octanol–water partition coefficient (Wildman–Crippen LogP) is 3.77. The molecule has 0 spiro atoms. The van der Waals surface area contributed by atoms with Crippen LogP contribution in [0, 0.1) is 0 Å². The molecule has 0 saturated heterocycles. The first kappa shape index (κ1) is 12.1. The molecule has 2 heterocycles. The van der Waals surface area contributed by atoms with Crippen LogP contribution in [0.3, 0.4) is 0 Å². The van der Waals surface area contributed by atoms with E-state index in [9.17, 15) is 0 Å². The van der Waals surface area contributed by atoms with Crippen molar-refractivity contribution < 1.29 is 0 Å². The van der Waals surface area contributed by atoms with Crippen molar-refractivity contribution in [2.75, 3.05) is 0 Å². The van der Waals surface area contributed by atoms with E-state index >= 15 is 0 Å². The summed E-state index contributed by atoms with van der Waals surface area (Å²) in [5.74, 6) is 1.26. The molecule has 1 atom stereocenters. The molecule has 2 aromatic rings. The molecule has 1 unspecified atom stereocenters. The molecular formula is C13H16ClN3. The molecule has 0 saturated carbocycles. The third-order valence-electron chi connectivity index (χ3n) is 2.92. The van der Waals surface area contributed by atoms with E-state index in [4.69, 9.17) is 11.6 Å². The van der Waals surface area contributed by atoms with Crippen LogP contribution < -0.4 is 0 Å².